The maximum atomic E-state index is 6.03. The molecule has 2 aliphatic rings. The Bertz CT molecular complexity index is 837. The molecule has 4 rings (SSSR count). The lowest BCUT2D eigenvalue weighted by molar-refractivity contribution is 0.244. The minimum Gasteiger partial charge on any atom is -0.384 e. The number of fused-ring (bicyclic) bond motifs is 1. The van der Waals surface area contributed by atoms with Gasteiger partial charge in [0.05, 0.1) is 5.69 Å². The van der Waals surface area contributed by atoms with Crippen molar-refractivity contribution in [2.45, 2.75) is 44.6 Å². The van der Waals surface area contributed by atoms with Crippen LogP contribution in [0.4, 0.5) is 11.4 Å². The number of halogens is 1. The molecule has 28 heavy (non-hydrogen) atoms. The second-order valence-electron chi connectivity index (χ2n) is 7.89. The Morgan fingerprint density at radius 1 is 0.964 bits per heavy atom. The summed E-state index contributed by atoms with van der Waals surface area (Å²) in [4.78, 5) is 7.04. The lowest BCUT2D eigenvalue weighted by Gasteiger charge is -2.45. The van der Waals surface area contributed by atoms with E-state index in [1.54, 1.807) is 0 Å². The zero-order valence-corrected chi connectivity index (χ0v) is 17.0. The van der Waals surface area contributed by atoms with Gasteiger partial charge < -0.3 is 10.6 Å². The van der Waals surface area contributed by atoms with Gasteiger partial charge in [-0.3, -0.25) is 0 Å². The summed E-state index contributed by atoms with van der Waals surface area (Å²) >= 11 is 5.90. The van der Waals surface area contributed by atoms with Crippen molar-refractivity contribution >= 4 is 34.9 Å². The Morgan fingerprint density at radius 3 is 2.46 bits per heavy atom. The van der Waals surface area contributed by atoms with E-state index in [-0.39, 0.29) is 0 Å². The zero-order valence-electron chi connectivity index (χ0n) is 16.2. The number of hydrogen-bond donors (Lipinski definition) is 1. The van der Waals surface area contributed by atoms with Crippen molar-refractivity contribution in [3.8, 4) is 0 Å². The van der Waals surface area contributed by atoms with Crippen molar-refractivity contribution in [3.63, 3.8) is 0 Å². The standard InChI is InChI=1S/C24H28ClN3/c25-20-10-12-21(13-11-20)27-24(26)16-9-18-7-14-22(15-8-18)28-17-3-5-19-4-1-2-6-23(19)28/h7-16,19,23H,1-6,17H2,(H2,26,27). The first-order chi connectivity index (χ1) is 13.7. The highest BCUT2D eigenvalue weighted by molar-refractivity contribution is 6.30. The van der Waals surface area contributed by atoms with Crippen LogP contribution in [0.3, 0.4) is 0 Å². The monoisotopic (exact) mass is 393 g/mol. The van der Waals surface area contributed by atoms with Crippen LogP contribution in [0.2, 0.25) is 5.02 Å². The summed E-state index contributed by atoms with van der Waals surface area (Å²) in [5, 5.41) is 0.696. The van der Waals surface area contributed by atoms with Gasteiger partial charge >= 0.3 is 0 Å². The summed E-state index contributed by atoms with van der Waals surface area (Å²) in [6.45, 7) is 1.19. The number of nitrogens with zero attached hydrogens (tertiary/aromatic N) is 2. The number of anilines is 1. The fourth-order valence-corrected chi connectivity index (χ4v) is 4.73. The molecule has 1 aliphatic heterocycles. The Labute approximate surface area is 172 Å². The molecule has 1 saturated heterocycles. The molecular formula is C24H28ClN3. The second-order valence-corrected chi connectivity index (χ2v) is 8.32. The number of nitrogens with two attached hydrogens (primary N) is 1. The molecule has 2 aromatic rings. The third kappa shape index (κ3) is 4.59. The molecule has 1 heterocycles. The molecule has 2 N–H and O–H groups in total. The first-order valence-electron chi connectivity index (χ1n) is 10.3. The average molecular weight is 394 g/mol. The quantitative estimate of drug-likeness (QED) is 0.496. The van der Waals surface area contributed by atoms with Crippen molar-refractivity contribution in [2.75, 3.05) is 11.4 Å². The van der Waals surface area contributed by atoms with Crippen LogP contribution in [0.25, 0.3) is 6.08 Å². The predicted octanol–water partition coefficient (Wildman–Crippen LogP) is 6.20. The van der Waals surface area contributed by atoms with E-state index >= 15 is 0 Å². The first kappa shape index (κ1) is 19.1. The molecule has 0 amide bonds. The second kappa shape index (κ2) is 8.83. The van der Waals surface area contributed by atoms with Gasteiger partial charge in [-0.05, 0) is 79.6 Å². The number of benzene rings is 2. The summed E-state index contributed by atoms with van der Waals surface area (Å²) in [7, 11) is 0. The van der Waals surface area contributed by atoms with E-state index in [0.717, 1.165) is 23.2 Å². The molecule has 146 valence electrons. The summed E-state index contributed by atoms with van der Waals surface area (Å²) in [6, 6.07) is 16.9. The van der Waals surface area contributed by atoms with E-state index in [1.165, 1.54) is 50.8 Å². The molecule has 4 heteroatoms. The van der Waals surface area contributed by atoms with Gasteiger partial charge in [-0.25, -0.2) is 4.99 Å². The van der Waals surface area contributed by atoms with Crippen molar-refractivity contribution < 1.29 is 0 Å². The molecular weight excluding hydrogens is 366 g/mol. The lowest BCUT2D eigenvalue weighted by Crippen LogP contribution is -2.46. The van der Waals surface area contributed by atoms with Crippen LogP contribution in [0.1, 0.15) is 44.1 Å². The average Bonchev–Trinajstić information content (AvgIpc) is 2.74. The van der Waals surface area contributed by atoms with E-state index in [9.17, 15) is 0 Å². The zero-order chi connectivity index (χ0) is 19.3. The maximum Gasteiger partial charge on any atom is 0.124 e. The fraction of sp³-hybridized carbons (Fsp3) is 0.375. The molecule has 2 aromatic carbocycles. The summed E-state index contributed by atoms with van der Waals surface area (Å²) in [6.07, 6.45) is 12.1. The van der Waals surface area contributed by atoms with E-state index in [4.69, 9.17) is 17.3 Å². The van der Waals surface area contributed by atoms with Crippen LogP contribution in [0.5, 0.6) is 0 Å². The summed E-state index contributed by atoms with van der Waals surface area (Å²) < 4.78 is 0. The van der Waals surface area contributed by atoms with Crippen LogP contribution >= 0.6 is 11.6 Å². The SMILES string of the molecule is NC(C=Cc1ccc(N2CCCC3CCCCC32)cc1)=Nc1ccc(Cl)cc1. The van der Waals surface area contributed by atoms with Gasteiger partial charge in [0.1, 0.15) is 5.84 Å². The van der Waals surface area contributed by atoms with Crippen molar-refractivity contribution in [3.05, 3.63) is 65.2 Å². The molecule has 1 aliphatic carbocycles. The molecule has 3 nitrogen and oxygen atoms in total. The molecule has 2 fully saturated rings. The molecule has 2 atom stereocenters. The normalized spacial score (nSPS) is 23.0. The van der Waals surface area contributed by atoms with Gasteiger partial charge in [-0.15, -0.1) is 0 Å². The predicted molar refractivity (Wildman–Crippen MR) is 121 cm³/mol. The molecule has 0 bridgehead atoms. The van der Waals surface area contributed by atoms with E-state index in [1.807, 2.05) is 36.4 Å². The van der Waals surface area contributed by atoms with Gasteiger partial charge in [0, 0.05) is 23.3 Å². The Kier molecular flexibility index (Phi) is 6.01. The van der Waals surface area contributed by atoms with Crippen LogP contribution in [0.15, 0.2) is 59.6 Å². The molecule has 2 unspecified atom stereocenters. The number of piperidine rings is 1. The Balaban J connectivity index is 1.42. The topological polar surface area (TPSA) is 41.6 Å². The number of hydrogen-bond acceptors (Lipinski definition) is 2. The van der Waals surface area contributed by atoms with E-state index < -0.39 is 0 Å². The van der Waals surface area contributed by atoms with Crippen molar-refractivity contribution in [1.82, 2.24) is 0 Å². The Hall–Kier alpha value is -2.26. The van der Waals surface area contributed by atoms with Gasteiger partial charge in [0.2, 0.25) is 0 Å². The summed E-state index contributed by atoms with van der Waals surface area (Å²) in [5.41, 5.74) is 9.33. The lowest BCUT2D eigenvalue weighted by atomic mass is 9.78. The first-order valence-corrected chi connectivity index (χ1v) is 10.7. The minimum absolute atomic E-state index is 0.479. The van der Waals surface area contributed by atoms with Gasteiger partial charge in [0.15, 0.2) is 0 Å². The third-order valence-corrected chi connectivity index (χ3v) is 6.25. The number of rotatable bonds is 4. The van der Waals surface area contributed by atoms with Crippen LogP contribution in [-0.4, -0.2) is 18.4 Å². The van der Waals surface area contributed by atoms with Gasteiger partial charge in [-0.1, -0.05) is 42.7 Å². The Morgan fingerprint density at radius 2 is 1.68 bits per heavy atom. The molecule has 1 saturated carbocycles. The molecule has 0 radical (unpaired) electrons. The van der Waals surface area contributed by atoms with E-state index in [0.29, 0.717) is 10.9 Å². The van der Waals surface area contributed by atoms with Crippen LogP contribution < -0.4 is 10.6 Å². The van der Waals surface area contributed by atoms with E-state index in [2.05, 4.69) is 34.2 Å². The maximum absolute atomic E-state index is 6.03. The highest BCUT2D eigenvalue weighted by atomic mass is 35.5. The summed E-state index contributed by atoms with van der Waals surface area (Å²) in [5.74, 6) is 1.37. The molecule has 0 spiro atoms. The highest BCUT2D eigenvalue weighted by Gasteiger charge is 2.33. The number of aliphatic imine (C=N–C) groups is 1. The van der Waals surface area contributed by atoms with Crippen molar-refractivity contribution in [2.24, 2.45) is 16.6 Å². The number of amidine groups is 1. The smallest absolute Gasteiger partial charge is 0.124 e. The minimum atomic E-state index is 0.479. The van der Waals surface area contributed by atoms with Crippen molar-refractivity contribution in [1.29, 1.82) is 0 Å². The van der Waals surface area contributed by atoms with Gasteiger partial charge in [-0.2, -0.15) is 0 Å². The van der Waals surface area contributed by atoms with Gasteiger partial charge in [0.25, 0.3) is 0 Å². The molecule has 0 aromatic heterocycles. The van der Waals surface area contributed by atoms with Crippen LogP contribution in [-0.2, 0) is 0 Å². The van der Waals surface area contributed by atoms with Crippen LogP contribution in [0, 0.1) is 5.92 Å². The fourth-order valence-electron chi connectivity index (χ4n) is 4.61. The largest absolute Gasteiger partial charge is 0.384 e. The third-order valence-electron chi connectivity index (χ3n) is 6.00. The highest BCUT2D eigenvalue weighted by Crippen LogP contribution is 2.37.